The number of aliphatic carboxylic acids is 1. The standard InChI is InChI=1S/C15H13BrN2O6/c1-17-13(21)10(14(22)18(2)15(17)23)6-8-5-9(16)3-4-11(8)24-7-12(19)20/h3-6H,7H2,1-2H3,(H,19,20). The van der Waals surface area contributed by atoms with Crippen LogP contribution in [0.25, 0.3) is 6.08 Å². The molecule has 2 rings (SSSR count). The van der Waals surface area contributed by atoms with Crippen molar-refractivity contribution in [1.29, 1.82) is 0 Å². The monoisotopic (exact) mass is 396 g/mol. The Bertz CT molecular complexity index is 747. The van der Waals surface area contributed by atoms with Gasteiger partial charge in [-0.25, -0.2) is 9.59 Å². The maximum absolute atomic E-state index is 12.2. The number of hydrogen-bond acceptors (Lipinski definition) is 5. The van der Waals surface area contributed by atoms with Crippen LogP contribution in [0.15, 0.2) is 28.2 Å². The number of carboxylic acid groups (broad SMARTS) is 1. The largest absolute Gasteiger partial charge is 0.481 e. The molecule has 1 N–H and O–H groups in total. The minimum absolute atomic E-state index is 0.191. The number of imide groups is 2. The topological polar surface area (TPSA) is 104 Å². The summed E-state index contributed by atoms with van der Waals surface area (Å²) in [5, 5.41) is 8.72. The second-order valence-corrected chi connectivity index (χ2v) is 5.85. The lowest BCUT2D eigenvalue weighted by Gasteiger charge is -2.29. The van der Waals surface area contributed by atoms with Crippen LogP contribution in [0.1, 0.15) is 5.56 Å². The lowest BCUT2D eigenvalue weighted by Crippen LogP contribution is -2.52. The lowest BCUT2D eigenvalue weighted by atomic mass is 10.1. The van der Waals surface area contributed by atoms with E-state index in [1.54, 1.807) is 12.1 Å². The fourth-order valence-corrected chi connectivity index (χ4v) is 2.41. The summed E-state index contributed by atoms with van der Waals surface area (Å²) in [6.07, 6.45) is 1.27. The van der Waals surface area contributed by atoms with Gasteiger partial charge in [-0.3, -0.25) is 19.4 Å². The van der Waals surface area contributed by atoms with Gasteiger partial charge in [-0.1, -0.05) is 15.9 Å². The molecule has 0 spiro atoms. The third-order valence-corrected chi connectivity index (χ3v) is 3.76. The van der Waals surface area contributed by atoms with Crippen molar-refractivity contribution in [3.8, 4) is 5.75 Å². The minimum atomic E-state index is -1.16. The predicted molar refractivity (Wildman–Crippen MR) is 86.2 cm³/mol. The molecule has 126 valence electrons. The highest BCUT2D eigenvalue weighted by Gasteiger charge is 2.37. The van der Waals surface area contributed by atoms with Crippen LogP contribution in [0.3, 0.4) is 0 Å². The molecule has 1 fully saturated rings. The number of barbiturate groups is 1. The van der Waals surface area contributed by atoms with Gasteiger partial charge in [-0.05, 0) is 24.3 Å². The minimum Gasteiger partial charge on any atom is -0.481 e. The van der Waals surface area contributed by atoms with Gasteiger partial charge >= 0.3 is 12.0 Å². The number of halogens is 1. The molecule has 1 saturated heterocycles. The molecule has 0 unspecified atom stereocenters. The highest BCUT2D eigenvalue weighted by molar-refractivity contribution is 9.10. The molecule has 0 aliphatic carbocycles. The van der Waals surface area contributed by atoms with E-state index < -0.39 is 30.4 Å². The van der Waals surface area contributed by atoms with Crippen molar-refractivity contribution in [3.63, 3.8) is 0 Å². The van der Waals surface area contributed by atoms with Gasteiger partial charge in [0.05, 0.1) is 0 Å². The Morgan fingerprint density at radius 1 is 1.21 bits per heavy atom. The van der Waals surface area contributed by atoms with E-state index in [1.165, 1.54) is 26.2 Å². The number of carbonyl (C=O) groups excluding carboxylic acids is 3. The van der Waals surface area contributed by atoms with Crippen LogP contribution in [0.2, 0.25) is 0 Å². The van der Waals surface area contributed by atoms with E-state index in [1.807, 2.05) is 0 Å². The van der Waals surface area contributed by atoms with Crippen molar-refractivity contribution >= 4 is 45.8 Å². The number of nitrogens with zero attached hydrogens (tertiary/aromatic N) is 2. The van der Waals surface area contributed by atoms with E-state index in [0.717, 1.165) is 9.80 Å². The van der Waals surface area contributed by atoms with Crippen LogP contribution in [0.5, 0.6) is 5.75 Å². The predicted octanol–water partition coefficient (Wildman–Crippen LogP) is 1.35. The van der Waals surface area contributed by atoms with Gasteiger partial charge in [-0.2, -0.15) is 0 Å². The molecule has 0 bridgehead atoms. The molecular weight excluding hydrogens is 384 g/mol. The molecular formula is C15H13BrN2O6. The Balaban J connectivity index is 2.47. The van der Waals surface area contributed by atoms with Crippen LogP contribution in [0.4, 0.5) is 4.79 Å². The van der Waals surface area contributed by atoms with Crippen LogP contribution in [0, 0.1) is 0 Å². The van der Waals surface area contributed by atoms with Crippen molar-refractivity contribution in [2.75, 3.05) is 20.7 Å². The zero-order chi connectivity index (χ0) is 18.0. The van der Waals surface area contributed by atoms with Crippen LogP contribution >= 0.6 is 15.9 Å². The molecule has 0 atom stereocenters. The summed E-state index contributed by atoms with van der Waals surface area (Å²) in [6.45, 7) is -0.571. The molecule has 1 heterocycles. The highest BCUT2D eigenvalue weighted by atomic mass is 79.9. The number of carboxylic acids is 1. The first kappa shape index (κ1) is 17.7. The van der Waals surface area contributed by atoms with E-state index >= 15 is 0 Å². The molecule has 1 aliphatic rings. The Morgan fingerprint density at radius 2 is 1.79 bits per heavy atom. The van der Waals surface area contributed by atoms with Crippen LogP contribution in [-0.4, -0.2) is 59.4 Å². The maximum atomic E-state index is 12.2. The Kier molecular flexibility index (Phi) is 5.03. The zero-order valence-corrected chi connectivity index (χ0v) is 14.4. The third kappa shape index (κ3) is 3.46. The molecule has 1 aliphatic heterocycles. The molecule has 0 saturated carbocycles. The normalized spacial score (nSPS) is 15.0. The van der Waals surface area contributed by atoms with E-state index in [4.69, 9.17) is 9.84 Å². The van der Waals surface area contributed by atoms with Crippen molar-refractivity contribution < 1.29 is 29.0 Å². The third-order valence-electron chi connectivity index (χ3n) is 3.27. The quantitative estimate of drug-likeness (QED) is 0.608. The van der Waals surface area contributed by atoms with Gasteiger partial charge in [0.2, 0.25) is 0 Å². The van der Waals surface area contributed by atoms with Crippen molar-refractivity contribution in [1.82, 2.24) is 9.80 Å². The van der Waals surface area contributed by atoms with Gasteiger partial charge in [0.1, 0.15) is 11.3 Å². The van der Waals surface area contributed by atoms with Gasteiger partial charge in [0.15, 0.2) is 6.61 Å². The second kappa shape index (κ2) is 6.83. The van der Waals surface area contributed by atoms with Gasteiger partial charge in [0, 0.05) is 24.1 Å². The van der Waals surface area contributed by atoms with Crippen LogP contribution < -0.4 is 4.74 Å². The molecule has 0 aromatic heterocycles. The number of amides is 4. The fraction of sp³-hybridized carbons (Fsp3) is 0.200. The van der Waals surface area contributed by atoms with Gasteiger partial charge in [-0.15, -0.1) is 0 Å². The average molecular weight is 397 g/mol. The average Bonchev–Trinajstić information content (AvgIpc) is 2.54. The van der Waals surface area contributed by atoms with E-state index in [2.05, 4.69) is 15.9 Å². The number of ether oxygens (including phenoxy) is 1. The molecule has 0 radical (unpaired) electrons. The molecule has 4 amide bonds. The molecule has 8 nitrogen and oxygen atoms in total. The van der Waals surface area contributed by atoms with Gasteiger partial charge < -0.3 is 9.84 Å². The van der Waals surface area contributed by atoms with Crippen molar-refractivity contribution in [2.24, 2.45) is 0 Å². The summed E-state index contributed by atoms with van der Waals surface area (Å²) in [5.41, 5.74) is 0.108. The number of hydrogen-bond donors (Lipinski definition) is 1. The highest BCUT2D eigenvalue weighted by Crippen LogP contribution is 2.27. The zero-order valence-electron chi connectivity index (χ0n) is 12.8. The van der Waals surface area contributed by atoms with Crippen LogP contribution in [-0.2, 0) is 14.4 Å². The Morgan fingerprint density at radius 3 is 2.33 bits per heavy atom. The Labute approximate surface area is 145 Å². The van der Waals surface area contributed by atoms with E-state index in [0.29, 0.717) is 10.0 Å². The summed E-state index contributed by atoms with van der Waals surface area (Å²) in [7, 11) is 2.54. The smallest absolute Gasteiger partial charge is 0.341 e. The number of benzene rings is 1. The molecule has 1 aromatic rings. The summed E-state index contributed by atoms with van der Waals surface area (Å²) in [5.74, 6) is -2.46. The summed E-state index contributed by atoms with van der Waals surface area (Å²) >= 11 is 3.26. The molecule has 1 aromatic carbocycles. The summed E-state index contributed by atoms with van der Waals surface area (Å²) < 4.78 is 5.80. The molecule has 24 heavy (non-hydrogen) atoms. The Hall–Kier alpha value is -2.68. The van der Waals surface area contributed by atoms with Gasteiger partial charge in [0.25, 0.3) is 11.8 Å². The number of urea groups is 1. The first-order valence-corrected chi connectivity index (χ1v) is 7.47. The molecule has 9 heteroatoms. The first-order chi connectivity index (χ1) is 11.2. The maximum Gasteiger partial charge on any atom is 0.341 e. The number of carbonyl (C=O) groups is 4. The fourth-order valence-electron chi connectivity index (χ4n) is 2.03. The SMILES string of the molecule is CN1C(=O)C(=Cc2cc(Br)ccc2OCC(=O)O)C(=O)N(C)C1=O. The summed E-state index contributed by atoms with van der Waals surface area (Å²) in [6, 6.07) is 3.99. The lowest BCUT2D eigenvalue weighted by molar-refractivity contribution is -0.139. The van der Waals surface area contributed by atoms with E-state index in [-0.39, 0.29) is 11.3 Å². The first-order valence-electron chi connectivity index (χ1n) is 6.68. The number of rotatable bonds is 4. The summed E-state index contributed by atoms with van der Waals surface area (Å²) in [4.78, 5) is 48.4. The van der Waals surface area contributed by atoms with Crippen molar-refractivity contribution in [3.05, 3.63) is 33.8 Å². The number of likely N-dealkylation sites (N-methyl/N-ethyl adjacent to an activating group) is 2. The van der Waals surface area contributed by atoms with E-state index in [9.17, 15) is 19.2 Å². The van der Waals surface area contributed by atoms with Crippen molar-refractivity contribution in [2.45, 2.75) is 0 Å². The second-order valence-electron chi connectivity index (χ2n) is 4.93.